The number of hydrogen-bond acceptors (Lipinski definition) is 3. The minimum atomic E-state index is 0.522. The van der Waals surface area contributed by atoms with E-state index < -0.39 is 0 Å². The number of imidazole rings is 1. The smallest absolute Gasteiger partial charge is 0.202 e. The highest BCUT2D eigenvalue weighted by Gasteiger charge is 2.27. The van der Waals surface area contributed by atoms with Crippen molar-refractivity contribution in [2.75, 3.05) is 5.73 Å². The summed E-state index contributed by atoms with van der Waals surface area (Å²) >= 11 is 3.37. The standard InChI is InChI=1S/C9H9BrN4/c10-5-3-7-8(12-4-5)14(6-1-2-6)9(11)13-7/h3-4,6H,1-2H2,(H2,11,13). The third-order valence-corrected chi connectivity index (χ3v) is 2.87. The summed E-state index contributed by atoms with van der Waals surface area (Å²) in [6, 6.07) is 2.46. The number of rotatable bonds is 1. The normalized spacial score (nSPS) is 16.4. The molecule has 0 bridgehead atoms. The molecule has 2 aromatic rings. The van der Waals surface area contributed by atoms with Crippen molar-refractivity contribution in [1.29, 1.82) is 0 Å². The first-order valence-electron chi connectivity index (χ1n) is 4.54. The Balaban J connectivity index is 2.32. The maximum Gasteiger partial charge on any atom is 0.202 e. The fourth-order valence-electron chi connectivity index (χ4n) is 1.67. The summed E-state index contributed by atoms with van der Waals surface area (Å²) in [5.41, 5.74) is 7.60. The SMILES string of the molecule is Nc1nc2cc(Br)cnc2n1C1CC1. The molecule has 1 saturated carbocycles. The number of pyridine rings is 1. The second kappa shape index (κ2) is 2.70. The van der Waals surface area contributed by atoms with E-state index in [4.69, 9.17) is 5.73 Å². The molecule has 2 N–H and O–H groups in total. The van der Waals surface area contributed by atoms with Gasteiger partial charge in [-0.25, -0.2) is 9.97 Å². The average Bonchev–Trinajstić information content (AvgIpc) is 2.89. The van der Waals surface area contributed by atoms with Crippen LogP contribution in [0.15, 0.2) is 16.7 Å². The summed E-state index contributed by atoms with van der Waals surface area (Å²) in [4.78, 5) is 8.62. The van der Waals surface area contributed by atoms with E-state index in [-0.39, 0.29) is 0 Å². The predicted octanol–water partition coefficient (Wildman–Crippen LogP) is 2.11. The Morgan fingerprint density at radius 1 is 1.50 bits per heavy atom. The van der Waals surface area contributed by atoms with Crippen LogP contribution in [-0.2, 0) is 0 Å². The van der Waals surface area contributed by atoms with Gasteiger partial charge in [0.15, 0.2) is 5.65 Å². The van der Waals surface area contributed by atoms with Crippen LogP contribution in [0.25, 0.3) is 11.2 Å². The van der Waals surface area contributed by atoms with Gasteiger partial charge in [0.05, 0.1) is 0 Å². The third kappa shape index (κ3) is 1.12. The van der Waals surface area contributed by atoms with Crippen molar-refractivity contribution in [3.63, 3.8) is 0 Å². The quantitative estimate of drug-likeness (QED) is 0.846. The van der Waals surface area contributed by atoms with Crippen LogP contribution in [0.2, 0.25) is 0 Å². The molecule has 0 unspecified atom stereocenters. The molecule has 0 aliphatic heterocycles. The van der Waals surface area contributed by atoms with E-state index in [9.17, 15) is 0 Å². The molecule has 0 spiro atoms. The zero-order valence-electron chi connectivity index (χ0n) is 7.44. The molecule has 0 radical (unpaired) electrons. The van der Waals surface area contributed by atoms with Crippen LogP contribution in [-0.4, -0.2) is 14.5 Å². The van der Waals surface area contributed by atoms with Crippen molar-refractivity contribution in [3.8, 4) is 0 Å². The second-order valence-electron chi connectivity index (χ2n) is 3.57. The molecule has 72 valence electrons. The molecule has 1 aliphatic carbocycles. The van der Waals surface area contributed by atoms with E-state index in [2.05, 4.69) is 25.9 Å². The number of nitrogens with two attached hydrogens (primary N) is 1. The minimum Gasteiger partial charge on any atom is -0.369 e. The first-order chi connectivity index (χ1) is 6.75. The van der Waals surface area contributed by atoms with E-state index in [1.165, 1.54) is 12.8 Å². The molecule has 5 heteroatoms. The molecular weight excluding hydrogens is 244 g/mol. The van der Waals surface area contributed by atoms with Gasteiger partial charge in [-0.3, -0.25) is 4.57 Å². The molecule has 0 saturated heterocycles. The Bertz CT molecular complexity index is 501. The zero-order valence-corrected chi connectivity index (χ0v) is 9.03. The largest absolute Gasteiger partial charge is 0.369 e. The first kappa shape index (κ1) is 8.23. The molecule has 1 aliphatic rings. The van der Waals surface area contributed by atoms with Gasteiger partial charge in [0.2, 0.25) is 5.95 Å². The number of aromatic nitrogens is 3. The van der Waals surface area contributed by atoms with E-state index in [0.717, 1.165) is 15.6 Å². The van der Waals surface area contributed by atoms with Gasteiger partial charge in [0.25, 0.3) is 0 Å². The minimum absolute atomic E-state index is 0.522. The summed E-state index contributed by atoms with van der Waals surface area (Å²) in [6.45, 7) is 0. The van der Waals surface area contributed by atoms with Crippen molar-refractivity contribution < 1.29 is 0 Å². The summed E-state index contributed by atoms with van der Waals surface area (Å²) in [7, 11) is 0. The van der Waals surface area contributed by atoms with Crippen molar-refractivity contribution in [2.45, 2.75) is 18.9 Å². The van der Waals surface area contributed by atoms with Crippen LogP contribution in [0.3, 0.4) is 0 Å². The predicted molar refractivity (Wildman–Crippen MR) is 57.9 cm³/mol. The molecule has 1 fully saturated rings. The summed E-state index contributed by atoms with van der Waals surface area (Å²) in [5, 5.41) is 0. The lowest BCUT2D eigenvalue weighted by Crippen LogP contribution is -2.01. The van der Waals surface area contributed by atoms with Crippen LogP contribution >= 0.6 is 15.9 Å². The number of fused-ring (bicyclic) bond motifs is 1. The van der Waals surface area contributed by atoms with E-state index in [1.54, 1.807) is 6.20 Å². The second-order valence-corrected chi connectivity index (χ2v) is 4.48. The average molecular weight is 253 g/mol. The molecule has 0 aromatic carbocycles. The van der Waals surface area contributed by atoms with Gasteiger partial charge in [-0.05, 0) is 34.8 Å². The number of nitrogens with zero attached hydrogens (tertiary/aromatic N) is 3. The summed E-state index contributed by atoms with van der Waals surface area (Å²) in [5.74, 6) is 0.577. The number of hydrogen-bond donors (Lipinski definition) is 1. The summed E-state index contributed by atoms with van der Waals surface area (Å²) in [6.07, 6.45) is 4.16. The Morgan fingerprint density at radius 2 is 2.29 bits per heavy atom. The van der Waals surface area contributed by atoms with E-state index >= 15 is 0 Å². The molecule has 2 heterocycles. The molecule has 4 nitrogen and oxygen atoms in total. The van der Waals surface area contributed by atoms with E-state index in [0.29, 0.717) is 12.0 Å². The van der Waals surface area contributed by atoms with Gasteiger partial charge in [-0.15, -0.1) is 0 Å². The van der Waals surface area contributed by atoms with Crippen molar-refractivity contribution >= 4 is 33.0 Å². The number of nitrogen functional groups attached to an aromatic ring is 1. The molecule has 2 aromatic heterocycles. The van der Waals surface area contributed by atoms with Gasteiger partial charge < -0.3 is 5.73 Å². The van der Waals surface area contributed by atoms with Gasteiger partial charge >= 0.3 is 0 Å². The Kier molecular flexibility index (Phi) is 1.58. The summed E-state index contributed by atoms with van der Waals surface area (Å²) < 4.78 is 2.97. The highest BCUT2D eigenvalue weighted by Crippen LogP contribution is 2.39. The highest BCUT2D eigenvalue weighted by molar-refractivity contribution is 9.10. The monoisotopic (exact) mass is 252 g/mol. The van der Waals surface area contributed by atoms with Gasteiger partial charge in [0.1, 0.15) is 5.52 Å². The van der Waals surface area contributed by atoms with Crippen LogP contribution < -0.4 is 5.73 Å². The fraction of sp³-hybridized carbons (Fsp3) is 0.333. The van der Waals surface area contributed by atoms with Crippen LogP contribution in [0.4, 0.5) is 5.95 Å². The van der Waals surface area contributed by atoms with Crippen molar-refractivity contribution in [1.82, 2.24) is 14.5 Å². The van der Waals surface area contributed by atoms with Crippen LogP contribution in [0.1, 0.15) is 18.9 Å². The molecule has 0 atom stereocenters. The maximum absolute atomic E-state index is 5.84. The van der Waals surface area contributed by atoms with Gasteiger partial charge in [-0.1, -0.05) is 0 Å². The lowest BCUT2D eigenvalue weighted by molar-refractivity contribution is 0.770. The molecular formula is C9H9BrN4. The Hall–Kier alpha value is -1.10. The third-order valence-electron chi connectivity index (χ3n) is 2.44. The maximum atomic E-state index is 5.84. The molecule has 0 amide bonds. The Morgan fingerprint density at radius 3 is 3.00 bits per heavy atom. The first-order valence-corrected chi connectivity index (χ1v) is 5.34. The van der Waals surface area contributed by atoms with E-state index in [1.807, 2.05) is 10.6 Å². The Labute approximate surface area is 89.3 Å². The number of halogens is 1. The highest BCUT2D eigenvalue weighted by atomic mass is 79.9. The lowest BCUT2D eigenvalue weighted by Gasteiger charge is -2.01. The fourth-order valence-corrected chi connectivity index (χ4v) is 1.99. The van der Waals surface area contributed by atoms with Gasteiger partial charge in [0, 0.05) is 16.7 Å². The van der Waals surface area contributed by atoms with Crippen LogP contribution in [0.5, 0.6) is 0 Å². The van der Waals surface area contributed by atoms with Crippen molar-refractivity contribution in [3.05, 3.63) is 16.7 Å². The van der Waals surface area contributed by atoms with Gasteiger partial charge in [-0.2, -0.15) is 0 Å². The van der Waals surface area contributed by atoms with Crippen molar-refractivity contribution in [2.24, 2.45) is 0 Å². The molecule has 3 rings (SSSR count). The lowest BCUT2D eigenvalue weighted by atomic mass is 10.4. The zero-order chi connectivity index (χ0) is 9.71. The number of anilines is 1. The molecule has 14 heavy (non-hydrogen) atoms. The van der Waals surface area contributed by atoms with Crippen LogP contribution in [0, 0.1) is 0 Å². The topological polar surface area (TPSA) is 56.7 Å².